The van der Waals surface area contributed by atoms with Crippen LogP contribution in [0.15, 0.2) is 5.38 Å². The van der Waals surface area contributed by atoms with E-state index in [0.717, 1.165) is 30.2 Å². The van der Waals surface area contributed by atoms with Crippen LogP contribution in [0.5, 0.6) is 0 Å². The highest BCUT2D eigenvalue weighted by Crippen LogP contribution is 2.12. The standard InChI is InChI=1S/C13H20N4S/c1-2-16-7-9-17(10-8-16)6-4-13-15-12(3-5-14)11-18-13/h11H,2-4,6-10H2,1H3. The summed E-state index contributed by atoms with van der Waals surface area (Å²) < 4.78 is 0. The third-order valence-electron chi connectivity index (χ3n) is 3.41. The molecule has 0 radical (unpaired) electrons. The smallest absolute Gasteiger partial charge is 0.0941 e. The Morgan fingerprint density at radius 1 is 1.33 bits per heavy atom. The van der Waals surface area contributed by atoms with Crippen LogP contribution in [-0.4, -0.2) is 54.1 Å². The van der Waals surface area contributed by atoms with Crippen molar-refractivity contribution in [1.29, 1.82) is 5.26 Å². The fraction of sp³-hybridized carbons (Fsp3) is 0.692. The van der Waals surface area contributed by atoms with Crippen LogP contribution in [0.3, 0.4) is 0 Å². The molecular weight excluding hydrogens is 244 g/mol. The van der Waals surface area contributed by atoms with Crippen molar-refractivity contribution < 1.29 is 0 Å². The van der Waals surface area contributed by atoms with Crippen molar-refractivity contribution in [3.05, 3.63) is 16.1 Å². The van der Waals surface area contributed by atoms with Gasteiger partial charge in [-0.1, -0.05) is 6.92 Å². The summed E-state index contributed by atoms with van der Waals surface area (Å²) in [7, 11) is 0. The molecule has 2 rings (SSSR count). The lowest BCUT2D eigenvalue weighted by atomic mass is 10.3. The lowest BCUT2D eigenvalue weighted by Crippen LogP contribution is -2.46. The summed E-state index contributed by atoms with van der Waals surface area (Å²) in [5, 5.41) is 11.8. The van der Waals surface area contributed by atoms with E-state index in [-0.39, 0.29) is 0 Å². The van der Waals surface area contributed by atoms with E-state index < -0.39 is 0 Å². The maximum Gasteiger partial charge on any atom is 0.0941 e. The molecule has 18 heavy (non-hydrogen) atoms. The van der Waals surface area contributed by atoms with E-state index >= 15 is 0 Å². The molecule has 0 saturated carbocycles. The molecule has 2 heterocycles. The Kier molecular flexibility index (Phi) is 5.12. The lowest BCUT2D eigenvalue weighted by Gasteiger charge is -2.33. The van der Waals surface area contributed by atoms with Gasteiger partial charge in [0.2, 0.25) is 0 Å². The Morgan fingerprint density at radius 2 is 2.06 bits per heavy atom. The Balaban J connectivity index is 1.73. The number of hydrogen-bond acceptors (Lipinski definition) is 5. The van der Waals surface area contributed by atoms with Crippen molar-refractivity contribution >= 4 is 11.3 Å². The van der Waals surface area contributed by atoms with Gasteiger partial charge in [-0.3, -0.25) is 0 Å². The van der Waals surface area contributed by atoms with Gasteiger partial charge < -0.3 is 9.80 Å². The molecule has 0 aliphatic carbocycles. The maximum absolute atomic E-state index is 8.61. The third-order valence-corrected chi connectivity index (χ3v) is 4.37. The summed E-state index contributed by atoms with van der Waals surface area (Å²) in [5.41, 5.74) is 0.924. The number of likely N-dealkylation sites (N-methyl/N-ethyl adjacent to an activating group) is 1. The normalized spacial score (nSPS) is 17.8. The first-order chi connectivity index (χ1) is 8.81. The molecule has 0 spiro atoms. The van der Waals surface area contributed by atoms with Gasteiger partial charge in [-0.2, -0.15) is 5.26 Å². The zero-order chi connectivity index (χ0) is 12.8. The van der Waals surface area contributed by atoms with E-state index in [1.165, 1.54) is 26.2 Å². The minimum absolute atomic E-state index is 0.436. The molecule has 1 aliphatic rings. The van der Waals surface area contributed by atoms with Gasteiger partial charge >= 0.3 is 0 Å². The van der Waals surface area contributed by atoms with Crippen LogP contribution in [0.25, 0.3) is 0 Å². The molecule has 0 amide bonds. The molecule has 0 bridgehead atoms. The van der Waals surface area contributed by atoms with E-state index in [0.29, 0.717) is 6.42 Å². The first-order valence-corrected chi connectivity index (χ1v) is 7.44. The number of rotatable bonds is 5. The molecule has 5 heteroatoms. The molecule has 0 unspecified atom stereocenters. The number of nitriles is 1. The largest absolute Gasteiger partial charge is 0.301 e. The van der Waals surface area contributed by atoms with Crippen LogP contribution in [0, 0.1) is 11.3 Å². The van der Waals surface area contributed by atoms with E-state index in [2.05, 4.69) is 27.8 Å². The predicted molar refractivity (Wildman–Crippen MR) is 73.7 cm³/mol. The van der Waals surface area contributed by atoms with Gasteiger partial charge in [0.15, 0.2) is 0 Å². The molecule has 1 aliphatic heterocycles. The van der Waals surface area contributed by atoms with Gasteiger partial charge in [0.1, 0.15) is 0 Å². The lowest BCUT2D eigenvalue weighted by molar-refractivity contribution is 0.138. The molecule has 0 N–H and O–H groups in total. The molecule has 1 aromatic heterocycles. The highest BCUT2D eigenvalue weighted by atomic mass is 32.1. The topological polar surface area (TPSA) is 43.2 Å². The molecule has 0 aromatic carbocycles. The Labute approximate surface area is 113 Å². The monoisotopic (exact) mass is 264 g/mol. The number of piperazine rings is 1. The molecule has 1 aromatic rings. The summed E-state index contributed by atoms with van der Waals surface area (Å²) in [4.78, 5) is 9.48. The molecule has 98 valence electrons. The van der Waals surface area contributed by atoms with Crippen LogP contribution >= 0.6 is 11.3 Å². The molecule has 1 saturated heterocycles. The fourth-order valence-corrected chi connectivity index (χ4v) is 3.00. The van der Waals surface area contributed by atoms with E-state index in [1.807, 2.05) is 5.38 Å². The van der Waals surface area contributed by atoms with Gasteiger partial charge in [-0.05, 0) is 6.54 Å². The van der Waals surface area contributed by atoms with Crippen molar-refractivity contribution in [1.82, 2.24) is 14.8 Å². The predicted octanol–water partition coefficient (Wildman–Crippen LogP) is 1.39. The molecular formula is C13H20N4S. The van der Waals surface area contributed by atoms with Crippen LogP contribution in [0.4, 0.5) is 0 Å². The van der Waals surface area contributed by atoms with Crippen LogP contribution in [-0.2, 0) is 12.8 Å². The second kappa shape index (κ2) is 6.83. The van der Waals surface area contributed by atoms with Crippen LogP contribution in [0.1, 0.15) is 17.6 Å². The summed E-state index contributed by atoms with van der Waals surface area (Å²) in [6.45, 7) is 9.20. The van der Waals surface area contributed by atoms with Crippen molar-refractivity contribution in [3.63, 3.8) is 0 Å². The van der Waals surface area contributed by atoms with Crippen molar-refractivity contribution in [2.75, 3.05) is 39.3 Å². The van der Waals surface area contributed by atoms with Crippen molar-refractivity contribution in [2.24, 2.45) is 0 Å². The Morgan fingerprint density at radius 3 is 2.72 bits per heavy atom. The van der Waals surface area contributed by atoms with Gasteiger partial charge in [0.05, 0.1) is 23.2 Å². The number of aromatic nitrogens is 1. The van der Waals surface area contributed by atoms with Crippen LogP contribution < -0.4 is 0 Å². The molecule has 4 nitrogen and oxygen atoms in total. The summed E-state index contributed by atoms with van der Waals surface area (Å²) in [6, 6.07) is 2.14. The first kappa shape index (κ1) is 13.5. The zero-order valence-electron chi connectivity index (χ0n) is 10.9. The zero-order valence-corrected chi connectivity index (χ0v) is 11.7. The Hall–Kier alpha value is -0.960. The van der Waals surface area contributed by atoms with E-state index in [9.17, 15) is 0 Å². The maximum atomic E-state index is 8.61. The number of thiazole rings is 1. The highest BCUT2D eigenvalue weighted by Gasteiger charge is 2.15. The highest BCUT2D eigenvalue weighted by molar-refractivity contribution is 7.09. The summed E-state index contributed by atoms with van der Waals surface area (Å²) in [6.07, 6.45) is 1.45. The fourth-order valence-electron chi connectivity index (χ4n) is 2.21. The van der Waals surface area contributed by atoms with Gasteiger partial charge in [0.25, 0.3) is 0 Å². The van der Waals surface area contributed by atoms with E-state index in [1.54, 1.807) is 11.3 Å². The minimum atomic E-state index is 0.436. The number of hydrogen-bond donors (Lipinski definition) is 0. The minimum Gasteiger partial charge on any atom is -0.301 e. The van der Waals surface area contributed by atoms with Gasteiger partial charge in [-0.15, -0.1) is 11.3 Å². The summed E-state index contributed by atoms with van der Waals surface area (Å²) in [5.74, 6) is 0. The third kappa shape index (κ3) is 3.77. The molecule has 0 atom stereocenters. The average molecular weight is 264 g/mol. The number of nitrogens with zero attached hydrogens (tertiary/aromatic N) is 4. The second-order valence-corrected chi connectivity index (χ2v) is 5.54. The quantitative estimate of drug-likeness (QED) is 0.806. The molecule has 1 fully saturated rings. The van der Waals surface area contributed by atoms with Gasteiger partial charge in [-0.25, -0.2) is 4.98 Å². The van der Waals surface area contributed by atoms with Crippen LogP contribution in [0.2, 0.25) is 0 Å². The van der Waals surface area contributed by atoms with Crippen molar-refractivity contribution in [3.8, 4) is 6.07 Å². The first-order valence-electron chi connectivity index (χ1n) is 6.56. The second-order valence-electron chi connectivity index (χ2n) is 4.59. The van der Waals surface area contributed by atoms with Crippen molar-refractivity contribution in [2.45, 2.75) is 19.8 Å². The SMILES string of the molecule is CCN1CCN(CCc2nc(CC#N)cs2)CC1. The Bertz CT molecular complexity index is 401. The van der Waals surface area contributed by atoms with E-state index in [4.69, 9.17) is 5.26 Å². The average Bonchev–Trinajstić information content (AvgIpc) is 2.85. The summed E-state index contributed by atoms with van der Waals surface area (Å²) >= 11 is 1.68. The van der Waals surface area contributed by atoms with Gasteiger partial charge in [0, 0.05) is 44.5 Å².